The van der Waals surface area contributed by atoms with Crippen LogP contribution in [0.1, 0.15) is 84.0 Å². The van der Waals surface area contributed by atoms with Crippen molar-refractivity contribution in [3.8, 4) is 0 Å². The smallest absolute Gasteiger partial charge is 0.303 e. The quantitative estimate of drug-likeness (QED) is 0.279. The fourth-order valence-corrected chi connectivity index (χ4v) is 2.19. The lowest BCUT2D eigenvalue weighted by Gasteiger charge is -1.96. The van der Waals surface area contributed by atoms with Crippen molar-refractivity contribution in [2.75, 3.05) is 0 Å². The van der Waals surface area contributed by atoms with Gasteiger partial charge in [-0.25, -0.2) is 0 Å². The lowest BCUT2D eigenvalue weighted by Crippen LogP contribution is -1.92. The topological polar surface area (TPSA) is 37.3 Å². The molecule has 0 bridgehead atoms. The van der Waals surface area contributed by atoms with Gasteiger partial charge in [0.15, 0.2) is 0 Å². The van der Waals surface area contributed by atoms with Crippen molar-refractivity contribution in [3.63, 3.8) is 0 Å². The van der Waals surface area contributed by atoms with Gasteiger partial charge in [-0.15, -0.1) is 0 Å². The molecular weight excluding hydrogens is 272 g/mol. The van der Waals surface area contributed by atoms with Gasteiger partial charge in [-0.05, 0) is 64.2 Å². The van der Waals surface area contributed by atoms with E-state index in [9.17, 15) is 4.79 Å². The number of rotatable bonds is 15. The molecule has 0 spiro atoms. The van der Waals surface area contributed by atoms with Gasteiger partial charge in [-0.2, -0.15) is 0 Å². The third kappa shape index (κ3) is 18.7. The third-order valence-electron chi connectivity index (χ3n) is 3.49. The summed E-state index contributed by atoms with van der Waals surface area (Å²) in [7, 11) is 0. The highest BCUT2D eigenvalue weighted by molar-refractivity contribution is 5.66. The highest BCUT2D eigenvalue weighted by Gasteiger charge is 1.94. The number of unbranched alkanes of at least 4 members (excludes halogenated alkanes) is 7. The van der Waals surface area contributed by atoms with E-state index in [1.54, 1.807) is 0 Å². The zero-order valence-corrected chi connectivity index (χ0v) is 14.3. The van der Waals surface area contributed by atoms with E-state index < -0.39 is 5.97 Å². The van der Waals surface area contributed by atoms with Crippen LogP contribution in [0.3, 0.4) is 0 Å². The number of aliphatic carboxylic acids is 1. The second-order valence-corrected chi connectivity index (χ2v) is 5.68. The Labute approximate surface area is 137 Å². The van der Waals surface area contributed by atoms with E-state index in [-0.39, 0.29) is 0 Å². The predicted molar refractivity (Wildman–Crippen MR) is 96.1 cm³/mol. The first-order valence-electron chi connectivity index (χ1n) is 8.94. The Balaban J connectivity index is 3.20. The second-order valence-electron chi connectivity index (χ2n) is 5.68. The minimum Gasteiger partial charge on any atom is -0.481 e. The minimum atomic E-state index is -0.685. The summed E-state index contributed by atoms with van der Waals surface area (Å²) in [5.74, 6) is -0.685. The van der Waals surface area contributed by atoms with E-state index in [4.69, 9.17) is 5.11 Å². The largest absolute Gasteiger partial charge is 0.481 e. The Morgan fingerprint density at radius 3 is 1.64 bits per heavy atom. The number of allylic oxidation sites excluding steroid dienone is 6. The molecule has 0 amide bonds. The van der Waals surface area contributed by atoms with Crippen LogP contribution in [0.4, 0.5) is 0 Å². The summed E-state index contributed by atoms with van der Waals surface area (Å²) < 4.78 is 0. The van der Waals surface area contributed by atoms with Gasteiger partial charge >= 0.3 is 5.97 Å². The summed E-state index contributed by atoms with van der Waals surface area (Å²) >= 11 is 0. The maximum atomic E-state index is 10.3. The summed E-state index contributed by atoms with van der Waals surface area (Å²) in [6, 6.07) is 0. The van der Waals surface area contributed by atoms with Crippen molar-refractivity contribution in [1.29, 1.82) is 0 Å². The van der Waals surface area contributed by atoms with Crippen LogP contribution in [0, 0.1) is 0 Å². The number of hydrogen-bond donors (Lipinski definition) is 1. The van der Waals surface area contributed by atoms with Crippen LogP contribution in [0.2, 0.25) is 0 Å². The van der Waals surface area contributed by atoms with Crippen LogP contribution in [-0.2, 0) is 4.79 Å². The van der Waals surface area contributed by atoms with Crippen LogP contribution >= 0.6 is 0 Å². The lowest BCUT2D eigenvalue weighted by atomic mass is 10.1. The average Bonchev–Trinajstić information content (AvgIpc) is 2.50. The average molecular weight is 306 g/mol. The maximum absolute atomic E-state index is 10.3. The molecule has 0 aliphatic heterocycles. The van der Waals surface area contributed by atoms with Crippen molar-refractivity contribution >= 4 is 5.97 Å². The van der Waals surface area contributed by atoms with Crippen molar-refractivity contribution in [2.24, 2.45) is 0 Å². The van der Waals surface area contributed by atoms with Gasteiger partial charge in [-0.1, -0.05) is 49.8 Å². The summed E-state index contributed by atoms with van der Waals surface area (Å²) in [4.78, 5) is 10.3. The molecule has 0 radical (unpaired) electrons. The molecule has 0 saturated heterocycles. The van der Waals surface area contributed by atoms with Crippen molar-refractivity contribution in [3.05, 3.63) is 36.5 Å². The summed E-state index contributed by atoms with van der Waals surface area (Å²) in [5.41, 5.74) is 0. The zero-order chi connectivity index (χ0) is 16.3. The molecule has 0 aliphatic carbocycles. The summed E-state index contributed by atoms with van der Waals surface area (Å²) in [6.45, 7) is 2.17. The fourth-order valence-electron chi connectivity index (χ4n) is 2.19. The van der Waals surface area contributed by atoms with Gasteiger partial charge in [0.25, 0.3) is 0 Å². The van der Waals surface area contributed by atoms with E-state index >= 15 is 0 Å². The summed E-state index contributed by atoms with van der Waals surface area (Å²) in [5, 5.41) is 8.51. The van der Waals surface area contributed by atoms with Crippen LogP contribution < -0.4 is 0 Å². The van der Waals surface area contributed by atoms with Crippen LogP contribution in [0.5, 0.6) is 0 Å². The number of carboxylic acids is 1. The van der Waals surface area contributed by atoms with Crippen molar-refractivity contribution in [1.82, 2.24) is 0 Å². The van der Waals surface area contributed by atoms with Crippen molar-refractivity contribution < 1.29 is 9.90 Å². The first-order chi connectivity index (χ1) is 10.8. The zero-order valence-electron chi connectivity index (χ0n) is 14.3. The molecule has 126 valence electrons. The molecule has 22 heavy (non-hydrogen) atoms. The SMILES string of the molecule is CCC=CCCC=CCCCCCC=CCCCCC(=O)O. The number of carboxylic acid groups (broad SMARTS) is 1. The molecule has 2 nitrogen and oxygen atoms in total. The molecular formula is C20H34O2. The van der Waals surface area contributed by atoms with E-state index in [0.717, 1.165) is 32.1 Å². The Hall–Kier alpha value is -1.31. The molecule has 0 unspecified atom stereocenters. The Bertz CT molecular complexity index is 327. The molecule has 0 aromatic rings. The molecule has 0 atom stereocenters. The Morgan fingerprint density at radius 2 is 1.14 bits per heavy atom. The standard InChI is InChI=1S/C20H34O2/c1-2-3-4-5-6-7-8-9-10-11-12-13-14-15-16-17-18-19-20(21)22/h3-4,7-8,14-15H,2,5-6,9-13,16-19H2,1H3,(H,21,22). The number of hydrogen-bond acceptors (Lipinski definition) is 1. The van der Waals surface area contributed by atoms with Crippen LogP contribution in [-0.4, -0.2) is 11.1 Å². The summed E-state index contributed by atoms with van der Waals surface area (Å²) in [6.07, 6.45) is 26.3. The van der Waals surface area contributed by atoms with Crippen molar-refractivity contribution in [2.45, 2.75) is 84.0 Å². The van der Waals surface area contributed by atoms with Gasteiger partial charge in [0.05, 0.1) is 0 Å². The van der Waals surface area contributed by atoms with Gasteiger partial charge in [0.2, 0.25) is 0 Å². The highest BCUT2D eigenvalue weighted by Crippen LogP contribution is 2.07. The third-order valence-corrected chi connectivity index (χ3v) is 3.49. The van der Waals surface area contributed by atoms with Gasteiger partial charge in [0, 0.05) is 6.42 Å². The van der Waals surface area contributed by atoms with Gasteiger partial charge in [0.1, 0.15) is 0 Å². The van der Waals surface area contributed by atoms with Gasteiger partial charge < -0.3 is 5.11 Å². The van der Waals surface area contributed by atoms with E-state index in [1.165, 1.54) is 38.5 Å². The van der Waals surface area contributed by atoms with E-state index in [0.29, 0.717) is 6.42 Å². The van der Waals surface area contributed by atoms with E-state index in [1.807, 2.05) is 0 Å². The van der Waals surface area contributed by atoms with E-state index in [2.05, 4.69) is 43.4 Å². The molecule has 0 aromatic carbocycles. The first kappa shape index (κ1) is 20.7. The number of carbonyl (C=O) groups is 1. The van der Waals surface area contributed by atoms with Gasteiger partial charge in [-0.3, -0.25) is 4.79 Å². The second kappa shape index (κ2) is 17.7. The van der Waals surface area contributed by atoms with Crippen LogP contribution in [0.15, 0.2) is 36.5 Å². The lowest BCUT2D eigenvalue weighted by molar-refractivity contribution is -0.137. The molecule has 0 rings (SSSR count). The highest BCUT2D eigenvalue weighted by atomic mass is 16.4. The first-order valence-corrected chi connectivity index (χ1v) is 8.94. The monoisotopic (exact) mass is 306 g/mol. The predicted octanol–water partition coefficient (Wildman–Crippen LogP) is 6.44. The molecule has 2 heteroatoms. The molecule has 0 aliphatic rings. The molecule has 0 heterocycles. The molecule has 0 fully saturated rings. The molecule has 0 saturated carbocycles. The molecule has 0 aromatic heterocycles. The Kier molecular flexibility index (Phi) is 16.7. The normalized spacial score (nSPS) is 12.0. The fraction of sp³-hybridized carbons (Fsp3) is 0.650. The Morgan fingerprint density at radius 1 is 0.682 bits per heavy atom. The molecule has 1 N–H and O–H groups in total. The van der Waals surface area contributed by atoms with Crippen LogP contribution in [0.25, 0.3) is 0 Å². The minimum absolute atomic E-state index is 0.302. The maximum Gasteiger partial charge on any atom is 0.303 e.